The van der Waals surface area contributed by atoms with E-state index in [0.717, 1.165) is 11.1 Å². The third-order valence-electron chi connectivity index (χ3n) is 4.10. The van der Waals surface area contributed by atoms with Gasteiger partial charge in [-0.1, -0.05) is 68.4 Å². The molecule has 2 aromatic carbocycles. The SMILES string of the molecule is CO[C@@H](C(=O)NC[C@@H](N)c1ccc(C(C)C)cc1)c1ccccc1. The Bertz CT molecular complexity index is 638. The van der Waals surface area contributed by atoms with Crippen LogP contribution in [0.3, 0.4) is 0 Å². The molecule has 4 nitrogen and oxygen atoms in total. The number of hydrogen-bond donors (Lipinski definition) is 2. The lowest BCUT2D eigenvalue weighted by molar-refractivity contribution is -0.131. The molecule has 0 saturated carbocycles. The lowest BCUT2D eigenvalue weighted by Crippen LogP contribution is -2.35. The first kappa shape index (κ1) is 18.2. The highest BCUT2D eigenvalue weighted by molar-refractivity contribution is 5.82. The van der Waals surface area contributed by atoms with Gasteiger partial charge in [-0.3, -0.25) is 4.79 Å². The molecular formula is C20H26N2O2. The second-order valence-corrected chi connectivity index (χ2v) is 6.20. The van der Waals surface area contributed by atoms with Crippen molar-refractivity contribution >= 4 is 5.91 Å². The second-order valence-electron chi connectivity index (χ2n) is 6.20. The average molecular weight is 326 g/mol. The topological polar surface area (TPSA) is 64.3 Å². The van der Waals surface area contributed by atoms with E-state index in [0.29, 0.717) is 12.5 Å². The van der Waals surface area contributed by atoms with Gasteiger partial charge in [0.25, 0.3) is 5.91 Å². The van der Waals surface area contributed by atoms with Gasteiger partial charge in [0.05, 0.1) is 0 Å². The molecular weight excluding hydrogens is 300 g/mol. The Morgan fingerprint density at radius 1 is 1.00 bits per heavy atom. The van der Waals surface area contributed by atoms with E-state index in [-0.39, 0.29) is 11.9 Å². The Morgan fingerprint density at radius 3 is 2.12 bits per heavy atom. The second kappa shape index (κ2) is 8.62. The fourth-order valence-electron chi connectivity index (χ4n) is 2.57. The molecule has 4 heteroatoms. The molecule has 0 aliphatic heterocycles. The minimum absolute atomic E-state index is 0.182. The summed E-state index contributed by atoms with van der Waals surface area (Å²) in [4.78, 5) is 12.4. The minimum Gasteiger partial charge on any atom is -0.367 e. The average Bonchev–Trinajstić information content (AvgIpc) is 2.61. The van der Waals surface area contributed by atoms with Crippen molar-refractivity contribution in [2.75, 3.05) is 13.7 Å². The summed E-state index contributed by atoms with van der Waals surface area (Å²) in [5, 5.41) is 2.88. The Kier molecular flexibility index (Phi) is 6.53. The number of benzene rings is 2. The molecule has 3 N–H and O–H groups in total. The Balaban J connectivity index is 1.95. The molecule has 0 unspecified atom stereocenters. The Hall–Kier alpha value is -2.17. The summed E-state index contributed by atoms with van der Waals surface area (Å²) in [5.74, 6) is 0.307. The van der Waals surface area contributed by atoms with Crippen molar-refractivity contribution in [1.29, 1.82) is 0 Å². The van der Waals surface area contributed by atoms with Crippen molar-refractivity contribution in [3.05, 3.63) is 71.3 Å². The fraction of sp³-hybridized carbons (Fsp3) is 0.350. The number of carbonyl (C=O) groups excluding carboxylic acids is 1. The van der Waals surface area contributed by atoms with Crippen LogP contribution in [0, 0.1) is 0 Å². The molecule has 0 fully saturated rings. The maximum atomic E-state index is 12.4. The van der Waals surface area contributed by atoms with E-state index in [2.05, 4.69) is 31.3 Å². The van der Waals surface area contributed by atoms with E-state index in [4.69, 9.17) is 10.5 Å². The van der Waals surface area contributed by atoms with E-state index in [1.165, 1.54) is 12.7 Å². The highest BCUT2D eigenvalue weighted by Gasteiger charge is 2.20. The molecule has 0 aliphatic carbocycles. The van der Waals surface area contributed by atoms with Crippen LogP contribution in [-0.4, -0.2) is 19.6 Å². The number of ether oxygens (including phenoxy) is 1. The number of hydrogen-bond acceptors (Lipinski definition) is 3. The molecule has 2 aromatic rings. The van der Waals surface area contributed by atoms with Gasteiger partial charge in [-0.15, -0.1) is 0 Å². The molecule has 24 heavy (non-hydrogen) atoms. The van der Waals surface area contributed by atoms with Crippen LogP contribution in [0.2, 0.25) is 0 Å². The number of amides is 1. The molecule has 0 saturated heterocycles. The van der Waals surface area contributed by atoms with Crippen LogP contribution >= 0.6 is 0 Å². The summed E-state index contributed by atoms with van der Waals surface area (Å²) in [6.07, 6.45) is -0.623. The van der Waals surface area contributed by atoms with Crippen molar-refractivity contribution < 1.29 is 9.53 Å². The summed E-state index contributed by atoms with van der Waals surface area (Å²) in [7, 11) is 1.53. The third kappa shape index (κ3) is 4.66. The predicted molar refractivity (Wildman–Crippen MR) is 96.7 cm³/mol. The number of carbonyl (C=O) groups is 1. The quantitative estimate of drug-likeness (QED) is 0.820. The Morgan fingerprint density at radius 2 is 1.58 bits per heavy atom. The molecule has 2 atom stereocenters. The summed E-state index contributed by atoms with van der Waals surface area (Å²) in [6.45, 7) is 4.68. The van der Waals surface area contributed by atoms with Gasteiger partial charge in [-0.2, -0.15) is 0 Å². The summed E-state index contributed by atoms with van der Waals surface area (Å²) >= 11 is 0. The monoisotopic (exact) mass is 326 g/mol. The summed E-state index contributed by atoms with van der Waals surface area (Å²) in [5.41, 5.74) is 9.30. The van der Waals surface area contributed by atoms with Crippen molar-refractivity contribution in [3.8, 4) is 0 Å². The van der Waals surface area contributed by atoms with E-state index in [1.807, 2.05) is 42.5 Å². The molecule has 0 radical (unpaired) electrons. The molecule has 2 rings (SSSR count). The van der Waals surface area contributed by atoms with Crippen LogP contribution in [0.15, 0.2) is 54.6 Å². The zero-order valence-electron chi connectivity index (χ0n) is 14.5. The fourth-order valence-corrected chi connectivity index (χ4v) is 2.57. The van der Waals surface area contributed by atoms with Crippen LogP contribution in [0.5, 0.6) is 0 Å². The first-order valence-electron chi connectivity index (χ1n) is 8.23. The molecule has 1 amide bonds. The normalized spacial score (nSPS) is 13.5. The third-order valence-corrected chi connectivity index (χ3v) is 4.10. The molecule has 0 aliphatic rings. The first-order valence-corrected chi connectivity index (χ1v) is 8.23. The summed E-state index contributed by atoms with van der Waals surface area (Å²) < 4.78 is 5.33. The predicted octanol–water partition coefficient (Wildman–Crippen LogP) is 3.31. The van der Waals surface area contributed by atoms with Crippen LogP contribution in [0.4, 0.5) is 0 Å². The van der Waals surface area contributed by atoms with E-state index < -0.39 is 6.10 Å². The number of methoxy groups -OCH3 is 1. The standard InChI is InChI=1S/C20H26N2O2/c1-14(2)15-9-11-16(12-10-15)18(21)13-22-20(23)19(24-3)17-7-5-4-6-8-17/h4-12,14,18-19H,13,21H2,1-3H3,(H,22,23)/t18-,19-/m1/s1. The largest absolute Gasteiger partial charge is 0.367 e. The van der Waals surface area contributed by atoms with E-state index in [1.54, 1.807) is 0 Å². The van der Waals surface area contributed by atoms with E-state index >= 15 is 0 Å². The van der Waals surface area contributed by atoms with Gasteiger partial charge in [-0.05, 0) is 22.6 Å². The first-order chi connectivity index (χ1) is 11.5. The van der Waals surface area contributed by atoms with Crippen molar-refractivity contribution in [3.63, 3.8) is 0 Å². The van der Waals surface area contributed by atoms with Crippen molar-refractivity contribution in [2.24, 2.45) is 5.73 Å². The highest BCUT2D eigenvalue weighted by atomic mass is 16.5. The van der Waals surface area contributed by atoms with Crippen molar-refractivity contribution in [1.82, 2.24) is 5.32 Å². The van der Waals surface area contributed by atoms with Gasteiger partial charge in [0.2, 0.25) is 0 Å². The molecule has 0 bridgehead atoms. The minimum atomic E-state index is -0.623. The lowest BCUT2D eigenvalue weighted by Gasteiger charge is -2.18. The molecule has 0 heterocycles. The van der Waals surface area contributed by atoms with Gasteiger partial charge in [0, 0.05) is 19.7 Å². The van der Waals surface area contributed by atoms with Gasteiger partial charge >= 0.3 is 0 Å². The van der Waals surface area contributed by atoms with Crippen LogP contribution in [0.1, 0.15) is 48.6 Å². The number of nitrogens with one attached hydrogen (secondary N) is 1. The molecule has 0 aromatic heterocycles. The van der Waals surface area contributed by atoms with E-state index in [9.17, 15) is 4.79 Å². The number of nitrogens with two attached hydrogens (primary N) is 1. The number of rotatable bonds is 7. The van der Waals surface area contributed by atoms with Crippen LogP contribution < -0.4 is 11.1 Å². The zero-order chi connectivity index (χ0) is 17.5. The highest BCUT2D eigenvalue weighted by Crippen LogP contribution is 2.19. The molecule has 128 valence electrons. The van der Waals surface area contributed by atoms with Gasteiger partial charge in [0.1, 0.15) is 0 Å². The lowest BCUT2D eigenvalue weighted by atomic mass is 9.99. The Labute approximate surface area is 144 Å². The summed E-state index contributed by atoms with van der Waals surface area (Å²) in [6, 6.07) is 17.4. The van der Waals surface area contributed by atoms with Crippen LogP contribution in [-0.2, 0) is 9.53 Å². The smallest absolute Gasteiger partial charge is 0.253 e. The molecule has 0 spiro atoms. The maximum absolute atomic E-state index is 12.4. The maximum Gasteiger partial charge on any atom is 0.253 e. The van der Waals surface area contributed by atoms with Gasteiger partial charge in [0.15, 0.2) is 6.10 Å². The van der Waals surface area contributed by atoms with Gasteiger partial charge in [-0.25, -0.2) is 0 Å². The van der Waals surface area contributed by atoms with Gasteiger partial charge < -0.3 is 15.8 Å². The van der Waals surface area contributed by atoms with Crippen LogP contribution in [0.25, 0.3) is 0 Å². The zero-order valence-corrected chi connectivity index (χ0v) is 14.5. The van der Waals surface area contributed by atoms with Crippen molar-refractivity contribution in [2.45, 2.75) is 31.9 Å².